The molecule has 0 atom stereocenters. The topological polar surface area (TPSA) is 97.6 Å². The first-order chi connectivity index (χ1) is 15.1. The van der Waals surface area contributed by atoms with Crippen LogP contribution in [0.25, 0.3) is 10.8 Å². The number of furan rings is 1. The van der Waals surface area contributed by atoms with Crippen LogP contribution in [0.1, 0.15) is 20.9 Å². The fourth-order valence-corrected chi connectivity index (χ4v) is 3.03. The number of carbonyl (C=O) groups excluding carboxylic acids is 3. The second-order valence-electron chi connectivity index (χ2n) is 6.66. The molecule has 2 amide bonds. The summed E-state index contributed by atoms with van der Waals surface area (Å²) >= 11 is 0. The average Bonchev–Trinajstić information content (AvgIpc) is 3.33. The van der Waals surface area contributed by atoms with Gasteiger partial charge in [0.25, 0.3) is 11.8 Å². The molecule has 0 aliphatic rings. The summed E-state index contributed by atoms with van der Waals surface area (Å²) in [5, 5.41) is 7.31. The van der Waals surface area contributed by atoms with E-state index in [1.165, 1.54) is 18.4 Å². The summed E-state index contributed by atoms with van der Waals surface area (Å²) in [7, 11) is 0. The molecule has 4 aromatic rings. The van der Waals surface area contributed by atoms with E-state index in [1.54, 1.807) is 30.3 Å². The maximum Gasteiger partial charge on any atom is 0.338 e. The molecule has 0 unspecified atom stereocenters. The second-order valence-corrected chi connectivity index (χ2v) is 6.66. The zero-order valence-corrected chi connectivity index (χ0v) is 16.3. The maximum absolute atomic E-state index is 12.2. The third kappa shape index (κ3) is 4.79. The summed E-state index contributed by atoms with van der Waals surface area (Å²) in [4.78, 5) is 36.4. The van der Waals surface area contributed by atoms with Gasteiger partial charge in [0.05, 0.1) is 11.8 Å². The van der Waals surface area contributed by atoms with E-state index < -0.39 is 24.4 Å². The first-order valence-electron chi connectivity index (χ1n) is 9.50. The van der Waals surface area contributed by atoms with Crippen molar-refractivity contribution in [2.24, 2.45) is 0 Å². The number of amides is 2. The van der Waals surface area contributed by atoms with Crippen molar-refractivity contribution in [3.63, 3.8) is 0 Å². The van der Waals surface area contributed by atoms with Gasteiger partial charge in [-0.2, -0.15) is 0 Å². The van der Waals surface area contributed by atoms with Gasteiger partial charge in [0.15, 0.2) is 12.4 Å². The molecule has 0 bridgehead atoms. The van der Waals surface area contributed by atoms with Crippen LogP contribution in [0.5, 0.6) is 0 Å². The number of nitrogens with one attached hydrogen (secondary N) is 2. The fraction of sp³-hybridized carbons (Fsp3) is 0.0417. The van der Waals surface area contributed by atoms with Gasteiger partial charge in [-0.25, -0.2) is 4.79 Å². The molecule has 0 saturated carbocycles. The van der Waals surface area contributed by atoms with Crippen LogP contribution in [0.3, 0.4) is 0 Å². The van der Waals surface area contributed by atoms with Crippen molar-refractivity contribution in [2.45, 2.75) is 0 Å². The van der Waals surface area contributed by atoms with Crippen molar-refractivity contribution < 1.29 is 23.5 Å². The average molecular weight is 414 g/mol. The highest BCUT2D eigenvalue weighted by atomic mass is 16.5. The van der Waals surface area contributed by atoms with Crippen LogP contribution in [-0.4, -0.2) is 24.4 Å². The molecule has 1 aromatic heterocycles. The lowest BCUT2D eigenvalue weighted by atomic mass is 10.1. The number of hydrogen-bond donors (Lipinski definition) is 2. The first-order valence-corrected chi connectivity index (χ1v) is 9.50. The van der Waals surface area contributed by atoms with Gasteiger partial charge in [-0.1, -0.05) is 36.4 Å². The predicted octanol–water partition coefficient (Wildman–Crippen LogP) is 4.48. The van der Waals surface area contributed by atoms with Crippen LogP contribution in [0.15, 0.2) is 89.5 Å². The summed E-state index contributed by atoms with van der Waals surface area (Å²) < 4.78 is 10.1. The Hall–Kier alpha value is -4.39. The largest absolute Gasteiger partial charge is 0.459 e. The zero-order valence-electron chi connectivity index (χ0n) is 16.3. The van der Waals surface area contributed by atoms with Crippen LogP contribution < -0.4 is 10.6 Å². The standard InChI is InChI=1S/C24H18N2O5/c27-22(26-20-8-3-6-16-5-1-2-7-19(16)20)15-31-24(29)17-10-12-18(13-11-17)25-23(28)21-9-4-14-30-21/h1-14H,15H2,(H,25,28)(H,26,27). The molecule has 1 heterocycles. The van der Waals surface area contributed by atoms with E-state index in [9.17, 15) is 14.4 Å². The Morgan fingerprint density at radius 2 is 1.58 bits per heavy atom. The van der Waals surface area contributed by atoms with Gasteiger partial charge in [0.1, 0.15) is 0 Å². The highest BCUT2D eigenvalue weighted by Gasteiger charge is 2.13. The Morgan fingerprint density at radius 1 is 0.806 bits per heavy atom. The molecule has 31 heavy (non-hydrogen) atoms. The molecular weight excluding hydrogens is 396 g/mol. The van der Waals surface area contributed by atoms with E-state index in [0.29, 0.717) is 11.4 Å². The minimum absolute atomic E-state index is 0.181. The molecule has 0 aliphatic heterocycles. The Balaban J connectivity index is 1.32. The van der Waals surface area contributed by atoms with E-state index >= 15 is 0 Å². The van der Waals surface area contributed by atoms with Gasteiger partial charge in [-0.3, -0.25) is 9.59 Å². The maximum atomic E-state index is 12.2. The normalized spacial score (nSPS) is 10.5. The van der Waals surface area contributed by atoms with E-state index in [1.807, 2.05) is 36.4 Å². The predicted molar refractivity (Wildman–Crippen MR) is 116 cm³/mol. The SMILES string of the molecule is O=C(COC(=O)c1ccc(NC(=O)c2ccco2)cc1)Nc1cccc2ccccc12. The van der Waals surface area contributed by atoms with Gasteiger partial charge in [-0.05, 0) is 47.9 Å². The van der Waals surface area contributed by atoms with Crippen molar-refractivity contribution in [3.05, 3.63) is 96.4 Å². The van der Waals surface area contributed by atoms with Crippen molar-refractivity contribution in [1.29, 1.82) is 0 Å². The second kappa shape index (κ2) is 8.96. The third-order valence-corrected chi connectivity index (χ3v) is 4.52. The molecule has 7 nitrogen and oxygen atoms in total. The third-order valence-electron chi connectivity index (χ3n) is 4.52. The molecule has 3 aromatic carbocycles. The highest BCUT2D eigenvalue weighted by Crippen LogP contribution is 2.22. The van der Waals surface area contributed by atoms with Crippen molar-refractivity contribution in [1.82, 2.24) is 0 Å². The number of fused-ring (bicyclic) bond motifs is 1. The number of anilines is 2. The summed E-state index contributed by atoms with van der Waals surface area (Å²) in [5.74, 6) is -1.30. The van der Waals surface area contributed by atoms with Gasteiger partial charge < -0.3 is 19.8 Å². The van der Waals surface area contributed by atoms with Crippen LogP contribution in [0.4, 0.5) is 11.4 Å². The van der Waals surface area contributed by atoms with Gasteiger partial charge in [0, 0.05) is 16.8 Å². The Kier molecular flexibility index (Phi) is 5.75. The van der Waals surface area contributed by atoms with E-state index in [4.69, 9.17) is 9.15 Å². The first kappa shape index (κ1) is 19.9. The van der Waals surface area contributed by atoms with Crippen LogP contribution in [-0.2, 0) is 9.53 Å². The molecular formula is C24H18N2O5. The number of carbonyl (C=O) groups is 3. The number of benzene rings is 3. The Labute approximate surface area is 177 Å². The number of esters is 1. The van der Waals surface area contributed by atoms with Crippen LogP contribution in [0, 0.1) is 0 Å². The fourth-order valence-electron chi connectivity index (χ4n) is 3.03. The number of rotatable bonds is 6. The smallest absolute Gasteiger partial charge is 0.338 e. The lowest BCUT2D eigenvalue weighted by molar-refractivity contribution is -0.119. The summed E-state index contributed by atoms with van der Waals surface area (Å²) in [6.07, 6.45) is 1.41. The molecule has 0 aliphatic carbocycles. The lowest BCUT2D eigenvalue weighted by Gasteiger charge is -2.09. The van der Waals surface area contributed by atoms with Crippen molar-refractivity contribution in [2.75, 3.05) is 17.2 Å². The van der Waals surface area contributed by atoms with Crippen molar-refractivity contribution >= 4 is 39.9 Å². The van der Waals surface area contributed by atoms with E-state index in [0.717, 1.165) is 10.8 Å². The van der Waals surface area contributed by atoms with Gasteiger partial charge in [0.2, 0.25) is 0 Å². The van der Waals surface area contributed by atoms with Crippen molar-refractivity contribution in [3.8, 4) is 0 Å². The summed E-state index contributed by atoms with van der Waals surface area (Å²) in [6.45, 7) is -0.418. The number of ether oxygens (including phenoxy) is 1. The summed E-state index contributed by atoms with van der Waals surface area (Å²) in [6, 6.07) is 22.5. The van der Waals surface area contributed by atoms with E-state index in [-0.39, 0.29) is 11.3 Å². The molecule has 4 rings (SSSR count). The lowest BCUT2D eigenvalue weighted by Crippen LogP contribution is -2.21. The highest BCUT2D eigenvalue weighted by molar-refractivity contribution is 6.04. The van der Waals surface area contributed by atoms with Crippen LogP contribution in [0.2, 0.25) is 0 Å². The monoisotopic (exact) mass is 414 g/mol. The molecule has 154 valence electrons. The molecule has 0 radical (unpaired) electrons. The molecule has 0 spiro atoms. The van der Waals surface area contributed by atoms with Gasteiger partial charge >= 0.3 is 5.97 Å². The van der Waals surface area contributed by atoms with Gasteiger partial charge in [-0.15, -0.1) is 0 Å². The minimum Gasteiger partial charge on any atom is -0.459 e. The Morgan fingerprint density at radius 3 is 2.35 bits per heavy atom. The molecule has 0 saturated heterocycles. The molecule has 0 fully saturated rings. The summed E-state index contributed by atoms with van der Waals surface area (Å²) in [5.41, 5.74) is 1.40. The Bertz CT molecular complexity index is 1230. The zero-order chi connectivity index (χ0) is 21.6. The molecule has 2 N–H and O–H groups in total. The molecule has 7 heteroatoms. The number of hydrogen-bond acceptors (Lipinski definition) is 5. The van der Waals surface area contributed by atoms with E-state index in [2.05, 4.69) is 10.6 Å². The minimum atomic E-state index is -0.642. The van der Waals surface area contributed by atoms with Crippen LogP contribution >= 0.6 is 0 Å². The quantitative estimate of drug-likeness (QED) is 0.453.